The van der Waals surface area contributed by atoms with Crippen LogP contribution in [0.4, 0.5) is 17.8 Å². The van der Waals surface area contributed by atoms with Crippen LogP contribution in [0.25, 0.3) is 0 Å². The topological polar surface area (TPSA) is 100 Å². The predicted molar refractivity (Wildman–Crippen MR) is 76.5 cm³/mol. The molecule has 0 fully saturated rings. The lowest BCUT2D eigenvalue weighted by molar-refractivity contribution is 0.600. The van der Waals surface area contributed by atoms with Crippen molar-refractivity contribution in [2.75, 3.05) is 55.2 Å². The highest BCUT2D eigenvalue weighted by Gasteiger charge is 2.07. The molecule has 1 aromatic rings. The normalized spacial score (nSPS) is 11.2. The van der Waals surface area contributed by atoms with E-state index in [-0.39, 0.29) is 5.75 Å². The number of hydrogen-bond donors (Lipinski definition) is 2. The van der Waals surface area contributed by atoms with E-state index in [0.29, 0.717) is 30.8 Å². The third-order valence-corrected chi connectivity index (χ3v) is 3.25. The fourth-order valence-corrected chi connectivity index (χ4v) is 1.96. The Morgan fingerprint density at radius 1 is 1.16 bits per heavy atom. The molecule has 0 aliphatic rings. The molecule has 0 bridgehead atoms. The lowest BCUT2D eigenvalue weighted by atomic mass is 10.5. The minimum absolute atomic E-state index is 0.143. The molecule has 2 N–H and O–H groups in total. The summed E-state index contributed by atoms with van der Waals surface area (Å²) in [5.74, 6) is 1.57. The zero-order chi connectivity index (χ0) is 14.5. The highest BCUT2D eigenvalue weighted by atomic mass is 32.2. The lowest BCUT2D eigenvalue weighted by Gasteiger charge is -2.13. The molecule has 108 valence electrons. The summed E-state index contributed by atoms with van der Waals surface area (Å²) >= 11 is 0. The molecule has 0 aliphatic heterocycles. The predicted octanol–water partition coefficient (Wildman–Crippen LogP) is -0.174. The number of aromatic nitrogens is 3. The van der Waals surface area contributed by atoms with Crippen molar-refractivity contribution in [1.29, 1.82) is 0 Å². The summed E-state index contributed by atoms with van der Waals surface area (Å²) in [5, 5.41) is 5.85. The van der Waals surface area contributed by atoms with E-state index in [4.69, 9.17) is 0 Å². The van der Waals surface area contributed by atoms with Crippen molar-refractivity contribution in [2.24, 2.45) is 0 Å². The zero-order valence-electron chi connectivity index (χ0n) is 11.6. The van der Waals surface area contributed by atoms with Crippen molar-refractivity contribution in [3.05, 3.63) is 0 Å². The molecular formula is C10H20N6O2S. The first-order valence-electron chi connectivity index (χ1n) is 5.84. The summed E-state index contributed by atoms with van der Waals surface area (Å²) in [6.45, 7) is 0.493. The second-order valence-electron chi connectivity index (χ2n) is 4.34. The van der Waals surface area contributed by atoms with Crippen LogP contribution in [0.5, 0.6) is 0 Å². The monoisotopic (exact) mass is 288 g/mol. The van der Waals surface area contributed by atoms with Crippen LogP contribution in [0, 0.1) is 0 Å². The van der Waals surface area contributed by atoms with Gasteiger partial charge in [0.25, 0.3) is 0 Å². The third-order valence-electron chi connectivity index (χ3n) is 2.22. The van der Waals surface area contributed by atoms with Crippen LogP contribution in [0.1, 0.15) is 6.42 Å². The number of hydrogen-bond acceptors (Lipinski definition) is 8. The van der Waals surface area contributed by atoms with Gasteiger partial charge in [-0.1, -0.05) is 0 Å². The van der Waals surface area contributed by atoms with Gasteiger partial charge in [0, 0.05) is 33.9 Å². The molecule has 0 spiro atoms. The van der Waals surface area contributed by atoms with Crippen molar-refractivity contribution in [3.8, 4) is 0 Å². The first-order chi connectivity index (χ1) is 8.81. The van der Waals surface area contributed by atoms with Gasteiger partial charge in [-0.25, -0.2) is 8.42 Å². The number of rotatable bonds is 7. The summed E-state index contributed by atoms with van der Waals surface area (Å²) in [5.41, 5.74) is 0. The van der Waals surface area contributed by atoms with Gasteiger partial charge in [0.15, 0.2) is 0 Å². The van der Waals surface area contributed by atoms with Gasteiger partial charge in [0.1, 0.15) is 9.84 Å². The average molecular weight is 288 g/mol. The Balaban J connectivity index is 2.65. The maximum Gasteiger partial charge on any atom is 0.231 e. The highest BCUT2D eigenvalue weighted by Crippen LogP contribution is 2.10. The van der Waals surface area contributed by atoms with Crippen molar-refractivity contribution in [1.82, 2.24) is 15.0 Å². The van der Waals surface area contributed by atoms with E-state index >= 15 is 0 Å². The first kappa shape index (κ1) is 15.4. The lowest BCUT2D eigenvalue weighted by Crippen LogP contribution is -2.17. The van der Waals surface area contributed by atoms with Crippen LogP contribution < -0.4 is 15.5 Å². The molecule has 19 heavy (non-hydrogen) atoms. The van der Waals surface area contributed by atoms with Crippen LogP contribution in [0.2, 0.25) is 0 Å². The minimum Gasteiger partial charge on any atom is -0.357 e. The smallest absolute Gasteiger partial charge is 0.231 e. The van der Waals surface area contributed by atoms with Crippen molar-refractivity contribution < 1.29 is 8.42 Å². The van der Waals surface area contributed by atoms with Crippen molar-refractivity contribution in [3.63, 3.8) is 0 Å². The van der Waals surface area contributed by atoms with Crippen molar-refractivity contribution in [2.45, 2.75) is 6.42 Å². The molecule has 8 nitrogen and oxygen atoms in total. The molecule has 1 heterocycles. The maximum atomic E-state index is 11.0. The van der Waals surface area contributed by atoms with Crippen LogP contribution in [-0.4, -0.2) is 63.1 Å². The molecule has 0 unspecified atom stereocenters. The van der Waals surface area contributed by atoms with Gasteiger partial charge >= 0.3 is 0 Å². The minimum atomic E-state index is -2.93. The molecule has 0 amide bonds. The molecular weight excluding hydrogens is 268 g/mol. The second kappa shape index (κ2) is 6.50. The van der Waals surface area contributed by atoms with Gasteiger partial charge in [-0.15, -0.1) is 0 Å². The van der Waals surface area contributed by atoms with Crippen LogP contribution in [0.15, 0.2) is 0 Å². The summed E-state index contributed by atoms with van der Waals surface area (Å²) < 4.78 is 22.0. The van der Waals surface area contributed by atoms with Gasteiger partial charge in [-0.3, -0.25) is 0 Å². The number of nitrogens with one attached hydrogen (secondary N) is 2. The molecule has 0 aliphatic carbocycles. The van der Waals surface area contributed by atoms with E-state index in [2.05, 4.69) is 25.6 Å². The Bertz CT molecular complexity index is 517. The Morgan fingerprint density at radius 2 is 1.79 bits per heavy atom. The Labute approximate surface area is 113 Å². The molecule has 9 heteroatoms. The maximum absolute atomic E-state index is 11.0. The Morgan fingerprint density at radius 3 is 2.32 bits per heavy atom. The standard InChI is InChI=1S/C10H20N6O2S/c1-11-8-13-9(15-10(14-8)16(2)3)12-6-5-7-19(4,17)18/h5-7H2,1-4H3,(H2,11,12,13,14,15). The third kappa shape index (κ3) is 5.69. The van der Waals surface area contributed by atoms with Crippen LogP contribution in [0.3, 0.4) is 0 Å². The SMILES string of the molecule is CNc1nc(NCCCS(C)(=O)=O)nc(N(C)C)n1. The van der Waals surface area contributed by atoms with E-state index in [1.165, 1.54) is 6.26 Å². The molecule has 1 aromatic heterocycles. The fraction of sp³-hybridized carbons (Fsp3) is 0.700. The summed E-state index contributed by atoms with van der Waals surface area (Å²) in [7, 11) is 2.47. The second-order valence-corrected chi connectivity index (χ2v) is 6.60. The number of sulfone groups is 1. The van der Waals surface area contributed by atoms with E-state index < -0.39 is 9.84 Å². The van der Waals surface area contributed by atoms with Gasteiger partial charge < -0.3 is 15.5 Å². The van der Waals surface area contributed by atoms with Crippen molar-refractivity contribution >= 4 is 27.7 Å². The highest BCUT2D eigenvalue weighted by molar-refractivity contribution is 7.90. The molecule has 0 atom stereocenters. The molecule has 0 saturated carbocycles. The number of anilines is 3. The largest absolute Gasteiger partial charge is 0.357 e. The zero-order valence-corrected chi connectivity index (χ0v) is 12.5. The van der Waals surface area contributed by atoms with E-state index in [1.54, 1.807) is 11.9 Å². The summed E-state index contributed by atoms with van der Waals surface area (Å²) in [6.07, 6.45) is 1.73. The summed E-state index contributed by atoms with van der Waals surface area (Å²) in [6, 6.07) is 0. The fourth-order valence-electron chi connectivity index (χ4n) is 1.29. The first-order valence-corrected chi connectivity index (χ1v) is 7.90. The molecule has 0 radical (unpaired) electrons. The van der Waals surface area contributed by atoms with Gasteiger partial charge in [0.2, 0.25) is 17.8 Å². The van der Waals surface area contributed by atoms with Crippen LogP contribution in [-0.2, 0) is 9.84 Å². The number of nitrogens with zero attached hydrogens (tertiary/aromatic N) is 4. The molecule has 0 aromatic carbocycles. The molecule has 1 rings (SSSR count). The van der Waals surface area contributed by atoms with Gasteiger partial charge in [-0.2, -0.15) is 15.0 Å². The van der Waals surface area contributed by atoms with E-state index in [1.807, 2.05) is 14.1 Å². The molecule has 0 saturated heterocycles. The Hall–Kier alpha value is -1.64. The van der Waals surface area contributed by atoms with Crippen LogP contribution >= 0.6 is 0 Å². The van der Waals surface area contributed by atoms with E-state index in [9.17, 15) is 8.42 Å². The summed E-state index contributed by atoms with van der Waals surface area (Å²) in [4.78, 5) is 14.3. The van der Waals surface area contributed by atoms with Gasteiger partial charge in [-0.05, 0) is 6.42 Å². The Kier molecular flexibility index (Phi) is 5.28. The van der Waals surface area contributed by atoms with E-state index in [0.717, 1.165) is 0 Å². The average Bonchev–Trinajstić information content (AvgIpc) is 2.33. The van der Waals surface area contributed by atoms with Gasteiger partial charge in [0.05, 0.1) is 5.75 Å². The quantitative estimate of drug-likeness (QED) is 0.667.